The quantitative estimate of drug-likeness (QED) is 0.840. The Bertz CT molecular complexity index is 644. The summed E-state index contributed by atoms with van der Waals surface area (Å²) in [5.74, 6) is 0.496. The van der Waals surface area contributed by atoms with Gasteiger partial charge in [-0.15, -0.1) is 0 Å². The maximum atomic E-state index is 12.7. The topological polar surface area (TPSA) is 81.1 Å². The van der Waals surface area contributed by atoms with Crippen molar-refractivity contribution < 1.29 is 24.1 Å². The molecule has 1 unspecified atom stereocenters. The molecule has 0 saturated carbocycles. The van der Waals surface area contributed by atoms with Gasteiger partial charge in [-0.25, -0.2) is 0 Å². The van der Waals surface area contributed by atoms with Gasteiger partial charge >= 0.3 is 0 Å². The Hall–Kier alpha value is -1.86. The van der Waals surface area contributed by atoms with Gasteiger partial charge < -0.3 is 24.2 Å². The fraction of sp³-hybridized carbons (Fsp3) is 0.667. The molecule has 1 N–H and O–H groups in total. The van der Waals surface area contributed by atoms with Gasteiger partial charge in [0.25, 0.3) is 5.91 Å². The van der Waals surface area contributed by atoms with Crippen LogP contribution in [0.5, 0.6) is 11.8 Å². The second-order valence-electron chi connectivity index (χ2n) is 7.05. The maximum Gasteiger partial charge on any atom is 0.259 e. The van der Waals surface area contributed by atoms with E-state index < -0.39 is 11.2 Å². The van der Waals surface area contributed by atoms with Crippen LogP contribution in [0.2, 0.25) is 0 Å². The first kappa shape index (κ1) is 17.9. The highest BCUT2D eigenvalue weighted by molar-refractivity contribution is 5.97. The summed E-state index contributed by atoms with van der Waals surface area (Å²) in [5.41, 5.74) is -0.770. The van der Waals surface area contributed by atoms with Gasteiger partial charge in [-0.05, 0) is 12.5 Å². The van der Waals surface area contributed by atoms with Gasteiger partial charge in [-0.2, -0.15) is 4.98 Å². The molecule has 0 aromatic carbocycles. The summed E-state index contributed by atoms with van der Waals surface area (Å²) in [6, 6.07) is 3.30. The van der Waals surface area contributed by atoms with Gasteiger partial charge in [0.15, 0.2) is 0 Å². The second kappa shape index (κ2) is 6.80. The SMILES string of the molecule is CCCCC1(O)COC2(CN(C(=O)c3ccc(OC)nc3OC)C2)C1. The van der Waals surface area contributed by atoms with Crippen molar-refractivity contribution in [3.63, 3.8) is 0 Å². The number of likely N-dealkylation sites (tertiary alicyclic amines) is 1. The van der Waals surface area contributed by atoms with Crippen molar-refractivity contribution in [1.82, 2.24) is 9.88 Å². The third-order valence-corrected chi connectivity index (χ3v) is 5.01. The molecule has 7 nitrogen and oxygen atoms in total. The first-order chi connectivity index (χ1) is 11.9. The van der Waals surface area contributed by atoms with Crippen LogP contribution in [0.4, 0.5) is 0 Å². The molecule has 2 fully saturated rings. The highest BCUT2D eigenvalue weighted by Crippen LogP contribution is 2.42. The lowest BCUT2D eigenvalue weighted by atomic mass is 9.82. The summed E-state index contributed by atoms with van der Waals surface area (Å²) in [6.45, 7) is 3.42. The lowest BCUT2D eigenvalue weighted by Crippen LogP contribution is -2.63. The van der Waals surface area contributed by atoms with Crippen LogP contribution in [0.15, 0.2) is 12.1 Å². The molecule has 7 heteroatoms. The Morgan fingerprint density at radius 2 is 2.12 bits per heavy atom. The molecule has 3 heterocycles. The molecule has 1 atom stereocenters. The van der Waals surface area contributed by atoms with Crippen molar-refractivity contribution in [2.75, 3.05) is 33.9 Å². The number of hydrogen-bond donors (Lipinski definition) is 1. The van der Waals surface area contributed by atoms with E-state index in [1.165, 1.54) is 14.2 Å². The molecule has 138 valence electrons. The molecule has 1 amide bonds. The summed E-state index contributed by atoms with van der Waals surface area (Å²) in [5, 5.41) is 10.6. The minimum absolute atomic E-state index is 0.148. The lowest BCUT2D eigenvalue weighted by molar-refractivity contribution is -0.0956. The average molecular weight is 350 g/mol. The Labute approximate surface area is 147 Å². The molecule has 2 saturated heterocycles. The number of hydrogen-bond acceptors (Lipinski definition) is 6. The predicted octanol–water partition coefficient (Wildman–Crippen LogP) is 1.64. The molecule has 2 aliphatic heterocycles. The summed E-state index contributed by atoms with van der Waals surface area (Å²) in [4.78, 5) is 18.6. The normalized spacial score (nSPS) is 24.2. The summed E-state index contributed by atoms with van der Waals surface area (Å²) in [6.07, 6.45) is 3.36. The van der Waals surface area contributed by atoms with Crippen LogP contribution in [0, 0.1) is 0 Å². The van der Waals surface area contributed by atoms with E-state index in [-0.39, 0.29) is 11.8 Å². The van der Waals surface area contributed by atoms with E-state index in [0.29, 0.717) is 37.6 Å². The van der Waals surface area contributed by atoms with E-state index in [1.807, 2.05) is 0 Å². The van der Waals surface area contributed by atoms with Crippen molar-refractivity contribution >= 4 is 5.91 Å². The average Bonchev–Trinajstić information content (AvgIpc) is 2.96. The number of amides is 1. The molecule has 1 aromatic rings. The molecular weight excluding hydrogens is 324 g/mol. The number of methoxy groups -OCH3 is 2. The van der Waals surface area contributed by atoms with Gasteiger partial charge in [0, 0.05) is 12.5 Å². The second-order valence-corrected chi connectivity index (χ2v) is 7.05. The molecule has 2 aliphatic rings. The maximum absolute atomic E-state index is 12.7. The number of pyridine rings is 1. The fourth-order valence-corrected chi connectivity index (χ4v) is 3.68. The predicted molar refractivity (Wildman–Crippen MR) is 91.0 cm³/mol. The van der Waals surface area contributed by atoms with Crippen LogP contribution in [0.3, 0.4) is 0 Å². The molecule has 0 radical (unpaired) electrons. The van der Waals surface area contributed by atoms with Gasteiger partial charge in [-0.3, -0.25) is 4.79 Å². The van der Waals surface area contributed by atoms with E-state index in [0.717, 1.165) is 19.3 Å². The minimum atomic E-state index is -0.759. The third kappa shape index (κ3) is 3.43. The number of ether oxygens (including phenoxy) is 3. The number of aliphatic hydroxyl groups is 1. The Balaban J connectivity index is 1.64. The van der Waals surface area contributed by atoms with E-state index in [1.54, 1.807) is 17.0 Å². The van der Waals surface area contributed by atoms with Crippen LogP contribution >= 0.6 is 0 Å². The van der Waals surface area contributed by atoms with Crippen molar-refractivity contribution in [2.24, 2.45) is 0 Å². The molecule has 3 rings (SSSR count). The zero-order valence-corrected chi connectivity index (χ0v) is 15.1. The smallest absolute Gasteiger partial charge is 0.259 e. The van der Waals surface area contributed by atoms with Crippen LogP contribution in [0.25, 0.3) is 0 Å². The van der Waals surface area contributed by atoms with Gasteiger partial charge in [-0.1, -0.05) is 19.8 Å². The monoisotopic (exact) mass is 350 g/mol. The largest absolute Gasteiger partial charge is 0.481 e. The zero-order chi connectivity index (χ0) is 18.1. The number of unbranched alkanes of at least 4 members (excludes halogenated alkanes) is 1. The molecule has 0 aliphatic carbocycles. The summed E-state index contributed by atoms with van der Waals surface area (Å²) < 4.78 is 16.2. The van der Waals surface area contributed by atoms with Gasteiger partial charge in [0.1, 0.15) is 11.2 Å². The first-order valence-electron chi connectivity index (χ1n) is 8.69. The van der Waals surface area contributed by atoms with E-state index in [4.69, 9.17) is 14.2 Å². The van der Waals surface area contributed by atoms with E-state index >= 15 is 0 Å². The van der Waals surface area contributed by atoms with Gasteiger partial charge in [0.2, 0.25) is 11.8 Å². The van der Waals surface area contributed by atoms with Crippen molar-refractivity contribution in [3.8, 4) is 11.8 Å². The number of nitrogens with zero attached hydrogens (tertiary/aromatic N) is 2. The minimum Gasteiger partial charge on any atom is -0.481 e. The Kier molecular flexibility index (Phi) is 4.88. The lowest BCUT2D eigenvalue weighted by Gasteiger charge is -2.47. The number of carbonyl (C=O) groups excluding carboxylic acids is 1. The van der Waals surface area contributed by atoms with Crippen LogP contribution in [0.1, 0.15) is 43.0 Å². The Morgan fingerprint density at radius 3 is 2.76 bits per heavy atom. The molecule has 1 spiro atoms. The Morgan fingerprint density at radius 1 is 1.36 bits per heavy atom. The summed E-state index contributed by atoms with van der Waals surface area (Å²) >= 11 is 0. The highest BCUT2D eigenvalue weighted by atomic mass is 16.5. The van der Waals surface area contributed by atoms with E-state index in [9.17, 15) is 9.90 Å². The number of carbonyl (C=O) groups is 1. The van der Waals surface area contributed by atoms with Crippen LogP contribution < -0.4 is 9.47 Å². The standard InChI is InChI=1S/C18H26N2O5/c1-4-5-8-17(22)9-18(25-12-17)10-20(11-18)16(21)13-6-7-14(23-2)19-15(13)24-3/h6-7,22H,4-5,8-12H2,1-3H3. The number of aromatic nitrogens is 1. The van der Waals surface area contributed by atoms with Gasteiger partial charge in [0.05, 0.1) is 39.5 Å². The van der Waals surface area contributed by atoms with Crippen molar-refractivity contribution in [1.29, 1.82) is 0 Å². The third-order valence-electron chi connectivity index (χ3n) is 5.01. The van der Waals surface area contributed by atoms with Crippen molar-refractivity contribution in [2.45, 2.75) is 43.8 Å². The molecule has 0 bridgehead atoms. The molecule has 1 aromatic heterocycles. The van der Waals surface area contributed by atoms with Crippen LogP contribution in [-0.2, 0) is 4.74 Å². The first-order valence-corrected chi connectivity index (χ1v) is 8.69. The molecular formula is C18H26N2O5. The van der Waals surface area contributed by atoms with Crippen molar-refractivity contribution in [3.05, 3.63) is 17.7 Å². The van der Waals surface area contributed by atoms with Crippen LogP contribution in [-0.4, -0.2) is 66.0 Å². The fourth-order valence-electron chi connectivity index (χ4n) is 3.68. The highest BCUT2D eigenvalue weighted by Gasteiger charge is 2.56. The zero-order valence-electron chi connectivity index (χ0n) is 15.1. The number of rotatable bonds is 6. The molecule has 25 heavy (non-hydrogen) atoms. The van der Waals surface area contributed by atoms with E-state index in [2.05, 4.69) is 11.9 Å². The summed E-state index contributed by atoms with van der Waals surface area (Å²) in [7, 11) is 2.99.